The molecule has 0 aliphatic rings. The second-order valence-corrected chi connectivity index (χ2v) is 3.95. The van der Waals surface area contributed by atoms with Crippen LogP contribution in [-0.4, -0.2) is 4.98 Å². The summed E-state index contributed by atoms with van der Waals surface area (Å²) in [5.41, 5.74) is 4.44. The van der Waals surface area contributed by atoms with Gasteiger partial charge in [-0.15, -0.1) is 0 Å². The summed E-state index contributed by atoms with van der Waals surface area (Å²) in [6, 6.07) is 4.12. The van der Waals surface area contributed by atoms with E-state index < -0.39 is 0 Å². The number of aromatic nitrogens is 1. The van der Waals surface area contributed by atoms with Gasteiger partial charge in [-0.2, -0.15) is 0 Å². The smallest absolute Gasteiger partial charge is 0.0447 e. The number of pyridine rings is 1. The molecule has 0 aliphatic heterocycles. The van der Waals surface area contributed by atoms with Gasteiger partial charge in [-0.3, -0.25) is 4.98 Å². The number of hydrogen-bond acceptors (Lipinski definition) is 1. The molecule has 0 unspecified atom stereocenters. The molecule has 0 fully saturated rings. The Morgan fingerprint density at radius 2 is 2.18 bits per heavy atom. The van der Waals surface area contributed by atoms with Gasteiger partial charge in [0.05, 0.1) is 0 Å². The fraction of sp³-hybridized carbons (Fsp3) is 0.188. The van der Waals surface area contributed by atoms with Crippen LogP contribution in [-0.2, 0) is 6.42 Å². The Morgan fingerprint density at radius 1 is 1.41 bits per heavy atom. The van der Waals surface area contributed by atoms with Crippen LogP contribution in [0.25, 0.3) is 5.57 Å². The van der Waals surface area contributed by atoms with E-state index in [0.717, 1.165) is 23.3 Å². The van der Waals surface area contributed by atoms with Crippen molar-refractivity contribution in [2.75, 3.05) is 0 Å². The van der Waals surface area contributed by atoms with Gasteiger partial charge in [-0.25, -0.2) is 0 Å². The van der Waals surface area contributed by atoms with Gasteiger partial charge in [0.25, 0.3) is 0 Å². The Morgan fingerprint density at radius 3 is 2.65 bits per heavy atom. The molecule has 0 bridgehead atoms. The zero-order chi connectivity index (χ0) is 12.7. The van der Waals surface area contributed by atoms with E-state index in [-0.39, 0.29) is 0 Å². The molecule has 1 rings (SSSR count). The molecule has 0 saturated carbocycles. The Balaban J connectivity index is 2.77. The van der Waals surface area contributed by atoms with Crippen LogP contribution in [0.4, 0.5) is 0 Å². The number of allylic oxidation sites excluding steroid dienone is 6. The number of rotatable bonds is 5. The van der Waals surface area contributed by atoms with Gasteiger partial charge in [0.2, 0.25) is 0 Å². The highest BCUT2D eigenvalue weighted by molar-refractivity contribution is 5.60. The van der Waals surface area contributed by atoms with E-state index in [0.29, 0.717) is 0 Å². The van der Waals surface area contributed by atoms with Crippen LogP contribution in [0.2, 0.25) is 0 Å². The molecular weight excluding hydrogens is 206 g/mol. The maximum atomic E-state index is 4.43. The summed E-state index contributed by atoms with van der Waals surface area (Å²) in [7, 11) is 0. The predicted molar refractivity (Wildman–Crippen MR) is 75.7 cm³/mol. The van der Waals surface area contributed by atoms with E-state index in [1.807, 2.05) is 26.1 Å². The van der Waals surface area contributed by atoms with Crippen LogP contribution in [0, 0.1) is 0 Å². The SMILES string of the molecule is C=C/C=C\C(=C/C)Cc1ccc(C(=C)C)cn1. The fourth-order valence-electron chi connectivity index (χ4n) is 1.44. The molecule has 1 aromatic rings. The van der Waals surface area contributed by atoms with Crippen LogP contribution in [0.15, 0.2) is 61.4 Å². The lowest BCUT2D eigenvalue weighted by atomic mass is 10.1. The molecule has 1 aromatic heterocycles. The topological polar surface area (TPSA) is 12.9 Å². The summed E-state index contributed by atoms with van der Waals surface area (Å²) in [5.74, 6) is 0. The highest BCUT2D eigenvalue weighted by Crippen LogP contribution is 2.12. The van der Waals surface area contributed by atoms with Crippen molar-refractivity contribution < 1.29 is 0 Å². The first-order chi connectivity index (χ1) is 8.17. The zero-order valence-corrected chi connectivity index (χ0v) is 10.6. The summed E-state index contributed by atoms with van der Waals surface area (Å²) in [6.45, 7) is 11.6. The molecule has 1 nitrogen and oxygen atoms in total. The van der Waals surface area contributed by atoms with E-state index in [1.54, 1.807) is 6.08 Å². The lowest BCUT2D eigenvalue weighted by Gasteiger charge is -2.03. The van der Waals surface area contributed by atoms with Gasteiger partial charge in [0, 0.05) is 18.3 Å². The van der Waals surface area contributed by atoms with Crippen molar-refractivity contribution in [3.63, 3.8) is 0 Å². The van der Waals surface area contributed by atoms with Crippen LogP contribution < -0.4 is 0 Å². The quantitative estimate of drug-likeness (QED) is 0.679. The number of hydrogen-bond donors (Lipinski definition) is 0. The summed E-state index contributed by atoms with van der Waals surface area (Å²) < 4.78 is 0. The zero-order valence-electron chi connectivity index (χ0n) is 10.6. The molecule has 0 aliphatic carbocycles. The molecule has 0 aromatic carbocycles. The van der Waals surface area contributed by atoms with Crippen LogP contribution in [0.3, 0.4) is 0 Å². The van der Waals surface area contributed by atoms with Crippen LogP contribution in [0.1, 0.15) is 25.1 Å². The third kappa shape index (κ3) is 4.23. The largest absolute Gasteiger partial charge is 0.260 e. The Bertz CT molecular complexity index is 447. The lowest BCUT2D eigenvalue weighted by Crippen LogP contribution is -1.93. The van der Waals surface area contributed by atoms with Gasteiger partial charge in [0.1, 0.15) is 0 Å². The molecule has 0 N–H and O–H groups in total. The first kappa shape index (κ1) is 13.2. The summed E-state index contributed by atoms with van der Waals surface area (Å²) in [4.78, 5) is 4.43. The Labute approximate surface area is 104 Å². The third-order valence-corrected chi connectivity index (χ3v) is 2.52. The van der Waals surface area contributed by atoms with E-state index in [2.05, 4.69) is 42.4 Å². The summed E-state index contributed by atoms with van der Waals surface area (Å²) in [5, 5.41) is 0. The average molecular weight is 225 g/mol. The molecule has 17 heavy (non-hydrogen) atoms. The second-order valence-electron chi connectivity index (χ2n) is 3.95. The van der Waals surface area contributed by atoms with Crippen molar-refractivity contribution >= 4 is 5.57 Å². The monoisotopic (exact) mass is 225 g/mol. The van der Waals surface area contributed by atoms with E-state index in [4.69, 9.17) is 0 Å². The fourth-order valence-corrected chi connectivity index (χ4v) is 1.44. The standard InChI is InChI=1S/C16H19N/c1-5-7-8-14(6-2)11-16-10-9-15(12-17-16)13(3)4/h5-10,12H,1,3,11H2,2,4H3/b8-7-,14-6+. The van der Waals surface area contributed by atoms with Crippen molar-refractivity contribution in [3.8, 4) is 0 Å². The first-order valence-corrected chi connectivity index (χ1v) is 5.72. The average Bonchev–Trinajstić information content (AvgIpc) is 2.35. The summed E-state index contributed by atoms with van der Waals surface area (Å²) in [6.07, 6.45) is 10.6. The normalized spacial score (nSPS) is 11.8. The highest BCUT2D eigenvalue weighted by Gasteiger charge is 1.98. The molecule has 1 heterocycles. The van der Waals surface area contributed by atoms with Crippen molar-refractivity contribution in [1.82, 2.24) is 4.98 Å². The maximum Gasteiger partial charge on any atom is 0.0447 e. The van der Waals surface area contributed by atoms with Crippen molar-refractivity contribution in [1.29, 1.82) is 0 Å². The van der Waals surface area contributed by atoms with E-state index in [1.165, 1.54) is 5.57 Å². The first-order valence-electron chi connectivity index (χ1n) is 5.72. The van der Waals surface area contributed by atoms with Gasteiger partial charge in [0.15, 0.2) is 0 Å². The van der Waals surface area contributed by atoms with Gasteiger partial charge >= 0.3 is 0 Å². The molecule has 88 valence electrons. The number of nitrogens with zero attached hydrogens (tertiary/aromatic N) is 1. The third-order valence-electron chi connectivity index (χ3n) is 2.52. The maximum absolute atomic E-state index is 4.43. The minimum atomic E-state index is 0.845. The molecule has 0 saturated heterocycles. The minimum absolute atomic E-state index is 0.845. The Kier molecular flexibility index (Phi) is 5.15. The highest BCUT2D eigenvalue weighted by atomic mass is 14.7. The molecule has 0 atom stereocenters. The van der Waals surface area contributed by atoms with Crippen molar-refractivity contribution in [2.45, 2.75) is 20.3 Å². The van der Waals surface area contributed by atoms with E-state index >= 15 is 0 Å². The van der Waals surface area contributed by atoms with Gasteiger partial charge in [-0.1, -0.05) is 43.5 Å². The second kappa shape index (κ2) is 6.64. The molecule has 0 spiro atoms. The molecule has 0 radical (unpaired) electrons. The minimum Gasteiger partial charge on any atom is -0.260 e. The van der Waals surface area contributed by atoms with Crippen molar-refractivity contribution in [2.24, 2.45) is 0 Å². The molecular formula is C16H19N. The molecule has 0 amide bonds. The summed E-state index contributed by atoms with van der Waals surface area (Å²) >= 11 is 0. The van der Waals surface area contributed by atoms with Crippen molar-refractivity contribution in [3.05, 3.63) is 72.6 Å². The predicted octanol–water partition coefficient (Wildman–Crippen LogP) is 4.35. The van der Waals surface area contributed by atoms with E-state index in [9.17, 15) is 0 Å². The molecule has 1 heteroatoms. The van der Waals surface area contributed by atoms with Crippen LogP contribution >= 0.6 is 0 Å². The van der Waals surface area contributed by atoms with Crippen LogP contribution in [0.5, 0.6) is 0 Å². The van der Waals surface area contributed by atoms with Gasteiger partial charge < -0.3 is 0 Å². The van der Waals surface area contributed by atoms with Gasteiger partial charge in [-0.05, 0) is 36.6 Å². The Hall–Kier alpha value is -1.89. The lowest BCUT2D eigenvalue weighted by molar-refractivity contribution is 1.07.